The molecular formula is C17H26N2O4. The number of rotatable bonds is 4. The van der Waals surface area contributed by atoms with Gasteiger partial charge in [0.15, 0.2) is 6.04 Å². The van der Waals surface area contributed by atoms with Crippen molar-refractivity contribution in [3.05, 3.63) is 27.2 Å². The standard InChI is InChI=1S/C17H26N2O4/c1-11-12(2)18-10-19(14(11)20)13(9-22-16(3,4)5)15(21)23-17(6,7)8/h10,13H,1-2,9H2,3-8H3. The summed E-state index contributed by atoms with van der Waals surface area (Å²) in [4.78, 5) is 28.9. The molecule has 0 fully saturated rings. The first-order valence-electron chi connectivity index (χ1n) is 7.44. The molecule has 0 aliphatic carbocycles. The van der Waals surface area contributed by atoms with Gasteiger partial charge in [-0.3, -0.25) is 9.36 Å². The van der Waals surface area contributed by atoms with E-state index in [1.807, 2.05) is 20.8 Å². The Balaban J connectivity index is 3.27. The van der Waals surface area contributed by atoms with Crippen LogP contribution in [0.4, 0.5) is 0 Å². The first kappa shape index (κ1) is 19.1. The van der Waals surface area contributed by atoms with Gasteiger partial charge < -0.3 is 9.47 Å². The highest BCUT2D eigenvalue weighted by atomic mass is 16.6. The van der Waals surface area contributed by atoms with Crippen molar-refractivity contribution in [2.24, 2.45) is 0 Å². The van der Waals surface area contributed by atoms with Crippen molar-refractivity contribution < 1.29 is 14.3 Å². The van der Waals surface area contributed by atoms with Crippen molar-refractivity contribution in [2.75, 3.05) is 6.61 Å². The van der Waals surface area contributed by atoms with Crippen molar-refractivity contribution in [3.63, 3.8) is 0 Å². The summed E-state index contributed by atoms with van der Waals surface area (Å²) in [6.07, 6.45) is 1.28. The van der Waals surface area contributed by atoms with Gasteiger partial charge >= 0.3 is 5.97 Å². The zero-order valence-electron chi connectivity index (χ0n) is 14.8. The summed E-state index contributed by atoms with van der Waals surface area (Å²) < 4.78 is 12.3. The molecule has 23 heavy (non-hydrogen) atoms. The van der Waals surface area contributed by atoms with Gasteiger partial charge in [-0.1, -0.05) is 13.2 Å². The fraction of sp³-hybridized carbons (Fsp3) is 0.588. The van der Waals surface area contributed by atoms with Crippen LogP contribution in [0.2, 0.25) is 0 Å². The molecule has 0 amide bonds. The molecule has 0 N–H and O–H groups in total. The van der Waals surface area contributed by atoms with E-state index in [1.54, 1.807) is 20.8 Å². The lowest BCUT2D eigenvalue weighted by Gasteiger charge is -2.27. The van der Waals surface area contributed by atoms with Gasteiger partial charge in [0, 0.05) is 0 Å². The molecule has 1 heterocycles. The van der Waals surface area contributed by atoms with E-state index >= 15 is 0 Å². The van der Waals surface area contributed by atoms with Crippen molar-refractivity contribution in [1.82, 2.24) is 9.55 Å². The minimum Gasteiger partial charge on any atom is -0.458 e. The number of ether oxygens (including phenoxy) is 2. The van der Waals surface area contributed by atoms with Gasteiger partial charge in [-0.2, -0.15) is 0 Å². The van der Waals surface area contributed by atoms with Crippen molar-refractivity contribution in [2.45, 2.75) is 58.8 Å². The van der Waals surface area contributed by atoms with Crippen LogP contribution >= 0.6 is 0 Å². The number of nitrogens with zero attached hydrogens (tertiary/aromatic N) is 2. The smallest absolute Gasteiger partial charge is 0.332 e. The lowest BCUT2D eigenvalue weighted by molar-refractivity contribution is -0.162. The second kappa shape index (κ2) is 6.66. The van der Waals surface area contributed by atoms with Crippen LogP contribution in [0.15, 0.2) is 11.1 Å². The summed E-state index contributed by atoms with van der Waals surface area (Å²) in [6, 6.07) is -0.936. The van der Waals surface area contributed by atoms with Gasteiger partial charge in [0.2, 0.25) is 0 Å². The van der Waals surface area contributed by atoms with Crippen LogP contribution in [-0.2, 0) is 14.3 Å². The summed E-state index contributed by atoms with van der Waals surface area (Å²) in [5.74, 6) is -0.554. The Kier molecular flexibility index (Phi) is 5.53. The molecule has 6 heteroatoms. The molecule has 0 aliphatic heterocycles. The molecule has 0 spiro atoms. The number of hydrogen-bond acceptors (Lipinski definition) is 5. The SMILES string of the molecule is C=c1ncn(C(COC(C)(C)C)C(=O)OC(C)(C)C)c(=O)c1=C. The third kappa shape index (κ3) is 5.63. The van der Waals surface area contributed by atoms with Gasteiger partial charge in [-0.15, -0.1) is 0 Å². The topological polar surface area (TPSA) is 70.4 Å². The lowest BCUT2D eigenvalue weighted by atomic mass is 10.1. The van der Waals surface area contributed by atoms with Crippen LogP contribution in [-0.4, -0.2) is 33.3 Å². The maximum Gasteiger partial charge on any atom is 0.332 e. The van der Waals surface area contributed by atoms with Crippen molar-refractivity contribution in [3.8, 4) is 0 Å². The summed E-state index contributed by atoms with van der Waals surface area (Å²) >= 11 is 0. The van der Waals surface area contributed by atoms with Crippen molar-refractivity contribution >= 4 is 19.1 Å². The highest BCUT2D eigenvalue weighted by molar-refractivity contribution is 5.74. The number of carbonyl (C=O) groups excluding carboxylic acids is 1. The van der Waals surface area contributed by atoms with Gasteiger partial charge in [-0.25, -0.2) is 9.78 Å². The predicted octanol–water partition coefficient (Wildman–Crippen LogP) is 0.762. The highest BCUT2D eigenvalue weighted by Gasteiger charge is 2.29. The van der Waals surface area contributed by atoms with E-state index in [0.29, 0.717) is 0 Å². The zero-order chi connectivity index (χ0) is 18.0. The van der Waals surface area contributed by atoms with Crippen LogP contribution in [0, 0.1) is 0 Å². The first-order valence-corrected chi connectivity index (χ1v) is 7.44. The van der Waals surface area contributed by atoms with E-state index in [2.05, 4.69) is 18.1 Å². The largest absolute Gasteiger partial charge is 0.458 e. The fourth-order valence-corrected chi connectivity index (χ4v) is 1.72. The first-order chi connectivity index (χ1) is 10.3. The molecule has 0 radical (unpaired) electrons. The second-order valence-electron chi connectivity index (χ2n) is 7.35. The Morgan fingerprint density at radius 2 is 1.78 bits per heavy atom. The van der Waals surface area contributed by atoms with Crippen LogP contribution in [0.5, 0.6) is 0 Å². The van der Waals surface area contributed by atoms with E-state index in [4.69, 9.17) is 9.47 Å². The molecule has 0 bridgehead atoms. The Bertz CT molecular complexity index is 723. The predicted molar refractivity (Wildman–Crippen MR) is 89.4 cm³/mol. The highest BCUT2D eigenvalue weighted by Crippen LogP contribution is 2.17. The second-order valence-corrected chi connectivity index (χ2v) is 7.35. The quantitative estimate of drug-likeness (QED) is 0.766. The number of hydrogen-bond donors (Lipinski definition) is 0. The van der Waals surface area contributed by atoms with Crippen LogP contribution in [0.25, 0.3) is 13.2 Å². The molecule has 128 valence electrons. The number of aromatic nitrogens is 2. The number of carbonyl (C=O) groups is 1. The molecule has 0 saturated carbocycles. The molecule has 1 atom stereocenters. The Labute approximate surface area is 136 Å². The van der Waals surface area contributed by atoms with E-state index in [-0.39, 0.29) is 17.2 Å². The molecular weight excluding hydrogens is 296 g/mol. The molecule has 0 aliphatic rings. The summed E-state index contributed by atoms with van der Waals surface area (Å²) in [5.41, 5.74) is -1.57. The maximum absolute atomic E-state index is 12.5. The molecule has 6 nitrogen and oxygen atoms in total. The van der Waals surface area contributed by atoms with E-state index in [0.717, 1.165) is 0 Å². The molecule has 1 rings (SSSR count). The summed E-state index contributed by atoms with van der Waals surface area (Å²) in [5, 5.41) is 0.433. The Morgan fingerprint density at radius 3 is 2.26 bits per heavy atom. The Morgan fingerprint density at radius 1 is 1.22 bits per heavy atom. The zero-order valence-corrected chi connectivity index (χ0v) is 14.8. The average molecular weight is 322 g/mol. The van der Waals surface area contributed by atoms with E-state index in [9.17, 15) is 9.59 Å². The molecule has 1 unspecified atom stereocenters. The normalized spacial score (nSPS) is 13.7. The molecule has 0 aromatic carbocycles. The maximum atomic E-state index is 12.5. The van der Waals surface area contributed by atoms with Gasteiger partial charge in [0.1, 0.15) is 5.60 Å². The monoisotopic (exact) mass is 322 g/mol. The van der Waals surface area contributed by atoms with Crippen LogP contribution in [0.3, 0.4) is 0 Å². The van der Waals surface area contributed by atoms with Crippen LogP contribution < -0.4 is 16.1 Å². The van der Waals surface area contributed by atoms with Gasteiger partial charge in [-0.05, 0) is 41.5 Å². The van der Waals surface area contributed by atoms with Gasteiger partial charge in [0.25, 0.3) is 5.56 Å². The van der Waals surface area contributed by atoms with E-state index in [1.165, 1.54) is 10.9 Å². The van der Waals surface area contributed by atoms with E-state index < -0.39 is 28.8 Å². The van der Waals surface area contributed by atoms with Gasteiger partial charge in [0.05, 0.1) is 29.1 Å². The van der Waals surface area contributed by atoms with Crippen LogP contribution in [0.1, 0.15) is 47.6 Å². The third-order valence-electron chi connectivity index (χ3n) is 2.87. The fourth-order valence-electron chi connectivity index (χ4n) is 1.72. The Hall–Kier alpha value is -1.95. The summed E-state index contributed by atoms with van der Waals surface area (Å²) in [7, 11) is 0. The van der Waals surface area contributed by atoms with Crippen molar-refractivity contribution in [1.29, 1.82) is 0 Å². The molecule has 1 aromatic heterocycles. The lowest BCUT2D eigenvalue weighted by Crippen LogP contribution is -2.49. The average Bonchev–Trinajstić information content (AvgIpc) is 2.35. The minimum absolute atomic E-state index is 0.00404. The molecule has 0 saturated heterocycles. The molecule has 1 aromatic rings. The third-order valence-corrected chi connectivity index (χ3v) is 2.87. The number of esters is 1. The summed E-state index contributed by atoms with van der Waals surface area (Å²) in [6.45, 7) is 18.2. The minimum atomic E-state index is -0.936.